The molecular weight excluding hydrogens is 232 g/mol. The van der Waals surface area contributed by atoms with E-state index in [9.17, 15) is 0 Å². The summed E-state index contributed by atoms with van der Waals surface area (Å²) in [5, 5.41) is 17.2. The second kappa shape index (κ2) is 9.30. The average molecular weight is 252 g/mol. The maximum Gasteiger partial charge on any atom is 0.0635 e. The lowest BCUT2D eigenvalue weighted by atomic mass is 10.3. The molecule has 1 fully saturated rings. The first-order valence-corrected chi connectivity index (χ1v) is 7.28. The molecule has 94 valence electrons. The fourth-order valence-corrected chi connectivity index (χ4v) is 2.84. The third-order valence-corrected chi connectivity index (χ3v) is 3.86. The van der Waals surface area contributed by atoms with E-state index in [-0.39, 0.29) is 0 Å². The number of rotatable bonds is 4. The van der Waals surface area contributed by atoms with Crippen LogP contribution in [0.2, 0.25) is 0 Å². The number of hydrogen-bond donors (Lipinski definition) is 0. The molecule has 4 nitrogen and oxygen atoms in total. The molecular formula is C12H20N4S. The van der Waals surface area contributed by atoms with Gasteiger partial charge in [0.2, 0.25) is 0 Å². The maximum atomic E-state index is 8.62. The van der Waals surface area contributed by atoms with Gasteiger partial charge in [0.1, 0.15) is 0 Å². The summed E-state index contributed by atoms with van der Waals surface area (Å²) in [6.45, 7) is 5.96. The van der Waals surface area contributed by atoms with Crippen molar-refractivity contribution < 1.29 is 0 Å². The highest BCUT2D eigenvalue weighted by Gasteiger charge is 2.11. The molecule has 0 N–H and O–H groups in total. The third kappa shape index (κ3) is 6.53. The molecule has 0 bridgehead atoms. The minimum absolute atomic E-state index is 0.614. The van der Waals surface area contributed by atoms with Gasteiger partial charge in [0, 0.05) is 63.6 Å². The Hall–Kier alpha value is -0.750. The Morgan fingerprint density at radius 3 is 1.71 bits per heavy atom. The predicted octanol–water partition coefficient (Wildman–Crippen LogP) is 1.16. The molecule has 0 saturated carbocycles. The van der Waals surface area contributed by atoms with Crippen LogP contribution in [-0.2, 0) is 0 Å². The van der Waals surface area contributed by atoms with Crippen LogP contribution in [0.4, 0.5) is 0 Å². The Morgan fingerprint density at radius 1 is 0.824 bits per heavy atom. The van der Waals surface area contributed by atoms with Crippen molar-refractivity contribution in [1.29, 1.82) is 10.5 Å². The highest BCUT2D eigenvalue weighted by atomic mass is 32.2. The first-order chi connectivity index (χ1) is 8.36. The van der Waals surface area contributed by atoms with E-state index in [0.717, 1.165) is 50.8 Å². The Morgan fingerprint density at radius 2 is 1.29 bits per heavy atom. The van der Waals surface area contributed by atoms with Gasteiger partial charge >= 0.3 is 0 Å². The van der Waals surface area contributed by atoms with Crippen LogP contribution in [0.5, 0.6) is 0 Å². The first kappa shape index (κ1) is 14.3. The van der Waals surface area contributed by atoms with Crippen LogP contribution in [0.25, 0.3) is 0 Å². The van der Waals surface area contributed by atoms with Crippen LogP contribution in [0.3, 0.4) is 0 Å². The van der Waals surface area contributed by atoms with E-state index >= 15 is 0 Å². The highest BCUT2D eigenvalue weighted by Crippen LogP contribution is 2.07. The molecule has 1 saturated heterocycles. The van der Waals surface area contributed by atoms with Crippen molar-refractivity contribution in [2.24, 2.45) is 0 Å². The van der Waals surface area contributed by atoms with Gasteiger partial charge in [-0.05, 0) is 0 Å². The lowest BCUT2D eigenvalue weighted by molar-refractivity contribution is 0.224. The molecule has 17 heavy (non-hydrogen) atoms. The van der Waals surface area contributed by atoms with E-state index in [1.54, 1.807) is 0 Å². The molecule has 1 rings (SSSR count). The average Bonchev–Trinajstić information content (AvgIpc) is 2.46. The summed E-state index contributed by atoms with van der Waals surface area (Å²) in [5.41, 5.74) is 0. The largest absolute Gasteiger partial charge is 0.300 e. The normalized spacial score (nSPS) is 19.6. The van der Waals surface area contributed by atoms with Gasteiger partial charge in [0.05, 0.1) is 12.1 Å². The number of nitriles is 2. The topological polar surface area (TPSA) is 54.1 Å². The minimum Gasteiger partial charge on any atom is -0.300 e. The van der Waals surface area contributed by atoms with Gasteiger partial charge in [-0.2, -0.15) is 22.3 Å². The van der Waals surface area contributed by atoms with Gasteiger partial charge in [-0.3, -0.25) is 0 Å². The number of hydrogen-bond acceptors (Lipinski definition) is 5. The summed E-state index contributed by atoms with van der Waals surface area (Å²) in [5.74, 6) is 2.30. The molecule has 0 atom stereocenters. The molecule has 0 radical (unpaired) electrons. The van der Waals surface area contributed by atoms with Gasteiger partial charge in [0.25, 0.3) is 0 Å². The molecule has 0 unspecified atom stereocenters. The van der Waals surface area contributed by atoms with Gasteiger partial charge in [-0.15, -0.1) is 0 Å². The summed E-state index contributed by atoms with van der Waals surface area (Å²) in [7, 11) is 0. The Balaban J connectivity index is 2.36. The predicted molar refractivity (Wildman–Crippen MR) is 70.7 cm³/mol. The Labute approximate surface area is 108 Å². The fourth-order valence-electron chi connectivity index (χ4n) is 1.86. The van der Waals surface area contributed by atoms with Crippen molar-refractivity contribution in [1.82, 2.24) is 9.80 Å². The minimum atomic E-state index is 0.614. The van der Waals surface area contributed by atoms with E-state index < -0.39 is 0 Å². The van der Waals surface area contributed by atoms with Crippen LogP contribution in [0.1, 0.15) is 12.8 Å². The van der Waals surface area contributed by atoms with E-state index in [1.165, 1.54) is 0 Å². The summed E-state index contributed by atoms with van der Waals surface area (Å²) in [6.07, 6.45) is 1.23. The molecule has 1 heterocycles. The fraction of sp³-hybridized carbons (Fsp3) is 0.833. The Kier molecular flexibility index (Phi) is 7.83. The zero-order valence-corrected chi connectivity index (χ0v) is 11.1. The first-order valence-electron chi connectivity index (χ1n) is 6.13. The molecule has 0 aliphatic carbocycles. The van der Waals surface area contributed by atoms with E-state index in [0.29, 0.717) is 12.8 Å². The molecule has 0 aromatic carbocycles. The lowest BCUT2D eigenvalue weighted by Crippen LogP contribution is -2.36. The zero-order chi connectivity index (χ0) is 12.3. The summed E-state index contributed by atoms with van der Waals surface area (Å²) < 4.78 is 0. The lowest BCUT2D eigenvalue weighted by Gasteiger charge is -2.24. The summed E-state index contributed by atoms with van der Waals surface area (Å²) in [4.78, 5) is 4.72. The van der Waals surface area contributed by atoms with E-state index in [2.05, 4.69) is 21.9 Å². The smallest absolute Gasteiger partial charge is 0.0635 e. The van der Waals surface area contributed by atoms with E-state index in [1.807, 2.05) is 11.8 Å². The van der Waals surface area contributed by atoms with Crippen molar-refractivity contribution in [2.75, 3.05) is 50.8 Å². The highest BCUT2D eigenvalue weighted by molar-refractivity contribution is 7.99. The van der Waals surface area contributed by atoms with Crippen molar-refractivity contribution in [2.45, 2.75) is 12.8 Å². The van der Waals surface area contributed by atoms with Gasteiger partial charge in [-0.25, -0.2) is 0 Å². The second-order valence-corrected chi connectivity index (χ2v) is 5.34. The molecule has 1 aliphatic rings. The van der Waals surface area contributed by atoms with Crippen molar-refractivity contribution >= 4 is 11.8 Å². The number of thioether (sulfide) groups is 1. The van der Waals surface area contributed by atoms with Crippen molar-refractivity contribution in [3.05, 3.63) is 0 Å². The second-order valence-electron chi connectivity index (χ2n) is 4.11. The van der Waals surface area contributed by atoms with E-state index in [4.69, 9.17) is 10.5 Å². The summed E-state index contributed by atoms with van der Waals surface area (Å²) >= 11 is 1.97. The molecule has 5 heteroatoms. The monoisotopic (exact) mass is 252 g/mol. The molecule has 0 aromatic rings. The molecule has 1 aliphatic heterocycles. The van der Waals surface area contributed by atoms with Crippen molar-refractivity contribution in [3.8, 4) is 12.1 Å². The van der Waals surface area contributed by atoms with Crippen LogP contribution in [0.15, 0.2) is 0 Å². The quantitative estimate of drug-likeness (QED) is 0.751. The number of nitrogens with zero attached hydrogens (tertiary/aromatic N) is 4. The summed E-state index contributed by atoms with van der Waals surface area (Å²) in [6, 6.07) is 4.41. The Bertz CT molecular complexity index is 253. The van der Waals surface area contributed by atoms with Gasteiger partial charge < -0.3 is 9.80 Å². The SMILES string of the molecule is N#CCCN1CCSCCN(CCC#N)CC1. The maximum absolute atomic E-state index is 8.62. The standard InChI is InChI=1S/C12H20N4S/c13-3-1-5-15-7-8-16(6-2-4-14)10-12-17-11-9-15/h1-2,5-12H2. The van der Waals surface area contributed by atoms with Crippen LogP contribution in [0, 0.1) is 22.7 Å². The van der Waals surface area contributed by atoms with Gasteiger partial charge in [-0.1, -0.05) is 0 Å². The van der Waals surface area contributed by atoms with Crippen LogP contribution >= 0.6 is 11.8 Å². The molecule has 0 aromatic heterocycles. The zero-order valence-electron chi connectivity index (χ0n) is 10.3. The third-order valence-electron chi connectivity index (χ3n) is 2.92. The molecule has 0 spiro atoms. The molecule has 0 amide bonds. The van der Waals surface area contributed by atoms with Crippen LogP contribution < -0.4 is 0 Å². The van der Waals surface area contributed by atoms with Crippen LogP contribution in [-0.4, -0.2) is 60.6 Å². The van der Waals surface area contributed by atoms with Gasteiger partial charge in [0.15, 0.2) is 0 Å². The van der Waals surface area contributed by atoms with Crippen molar-refractivity contribution in [3.63, 3.8) is 0 Å².